The van der Waals surface area contributed by atoms with Crippen molar-refractivity contribution in [1.82, 2.24) is 10.3 Å². The summed E-state index contributed by atoms with van der Waals surface area (Å²) in [4.78, 5) is 4.86. The number of ether oxygens (including phenoxy) is 1. The second-order valence-corrected chi connectivity index (χ2v) is 8.02. The third-order valence-corrected chi connectivity index (χ3v) is 5.09. The Hall–Kier alpha value is -0.450. The molecule has 4 heteroatoms. The van der Waals surface area contributed by atoms with Gasteiger partial charge in [-0.05, 0) is 18.3 Å². The quantitative estimate of drug-likeness (QED) is 0.783. The lowest BCUT2D eigenvalue weighted by atomic mass is 9.66. The molecule has 0 bridgehead atoms. The first kappa shape index (κ1) is 15.9. The van der Waals surface area contributed by atoms with Crippen LogP contribution in [-0.2, 0) is 16.6 Å². The molecule has 0 radical (unpaired) electrons. The number of rotatable bonds is 7. The molecule has 0 aromatic carbocycles. The molecule has 0 aliphatic heterocycles. The van der Waals surface area contributed by atoms with Crippen molar-refractivity contribution < 1.29 is 4.74 Å². The average molecular weight is 296 g/mol. The highest BCUT2D eigenvalue weighted by molar-refractivity contribution is 7.09. The van der Waals surface area contributed by atoms with Gasteiger partial charge in [0.25, 0.3) is 0 Å². The van der Waals surface area contributed by atoms with Crippen molar-refractivity contribution in [3.63, 3.8) is 0 Å². The van der Waals surface area contributed by atoms with Crippen LogP contribution in [0.15, 0.2) is 5.38 Å². The molecule has 0 atom stereocenters. The van der Waals surface area contributed by atoms with E-state index in [1.54, 1.807) is 7.11 Å². The Morgan fingerprint density at radius 3 is 2.65 bits per heavy atom. The topological polar surface area (TPSA) is 34.1 Å². The Bertz CT molecular complexity index is 418. The van der Waals surface area contributed by atoms with Crippen molar-refractivity contribution in [2.24, 2.45) is 5.41 Å². The van der Waals surface area contributed by atoms with Crippen LogP contribution in [0.3, 0.4) is 0 Å². The van der Waals surface area contributed by atoms with E-state index in [2.05, 4.69) is 31.5 Å². The van der Waals surface area contributed by atoms with Crippen molar-refractivity contribution >= 4 is 11.3 Å². The molecule has 1 saturated carbocycles. The molecule has 1 N–H and O–H groups in total. The van der Waals surface area contributed by atoms with Crippen LogP contribution in [0.1, 0.15) is 50.7 Å². The smallest absolute Gasteiger partial charge is 0.0934 e. The maximum absolute atomic E-state index is 5.09. The van der Waals surface area contributed by atoms with Gasteiger partial charge in [-0.25, -0.2) is 4.98 Å². The fourth-order valence-corrected chi connectivity index (χ4v) is 3.87. The Morgan fingerprint density at radius 1 is 1.40 bits per heavy atom. The van der Waals surface area contributed by atoms with Gasteiger partial charge in [0.05, 0.1) is 17.3 Å². The summed E-state index contributed by atoms with van der Waals surface area (Å²) in [6, 6.07) is 0. The molecular weight excluding hydrogens is 268 g/mol. The van der Waals surface area contributed by atoms with E-state index in [1.807, 2.05) is 11.3 Å². The zero-order valence-electron chi connectivity index (χ0n) is 13.3. The van der Waals surface area contributed by atoms with E-state index in [1.165, 1.54) is 30.0 Å². The van der Waals surface area contributed by atoms with E-state index in [-0.39, 0.29) is 5.41 Å². The van der Waals surface area contributed by atoms with Gasteiger partial charge in [-0.1, -0.05) is 27.2 Å². The zero-order valence-corrected chi connectivity index (χ0v) is 14.1. The summed E-state index contributed by atoms with van der Waals surface area (Å²) >= 11 is 1.83. The van der Waals surface area contributed by atoms with Gasteiger partial charge in [0.2, 0.25) is 0 Å². The predicted molar refractivity (Wildman–Crippen MR) is 85.5 cm³/mol. The molecule has 1 aliphatic rings. The molecule has 0 amide bonds. The number of methoxy groups -OCH3 is 1. The highest BCUT2D eigenvalue weighted by atomic mass is 32.1. The molecule has 1 aliphatic carbocycles. The van der Waals surface area contributed by atoms with E-state index in [0.717, 1.165) is 26.1 Å². The van der Waals surface area contributed by atoms with Crippen molar-refractivity contribution in [3.8, 4) is 0 Å². The second kappa shape index (κ2) is 6.54. The van der Waals surface area contributed by atoms with Gasteiger partial charge in [-0.3, -0.25) is 0 Å². The molecular formula is C16H28N2OS. The average Bonchev–Trinajstić information content (AvgIpc) is 2.79. The molecule has 3 nitrogen and oxygen atoms in total. The molecule has 20 heavy (non-hydrogen) atoms. The van der Waals surface area contributed by atoms with E-state index in [0.29, 0.717) is 5.41 Å². The van der Waals surface area contributed by atoms with Crippen LogP contribution < -0.4 is 5.32 Å². The fourth-order valence-electron chi connectivity index (χ4n) is 2.68. The summed E-state index contributed by atoms with van der Waals surface area (Å²) in [5.41, 5.74) is 1.85. The summed E-state index contributed by atoms with van der Waals surface area (Å²) in [7, 11) is 1.75. The maximum Gasteiger partial charge on any atom is 0.0934 e. The number of nitrogens with zero attached hydrogens (tertiary/aromatic N) is 1. The Morgan fingerprint density at radius 2 is 2.15 bits per heavy atom. The minimum Gasteiger partial charge on any atom is -0.383 e. The highest BCUT2D eigenvalue weighted by Gasteiger charge is 2.37. The van der Waals surface area contributed by atoms with Gasteiger partial charge in [0.15, 0.2) is 0 Å². The number of nitrogens with one attached hydrogen (secondary N) is 1. The molecule has 2 rings (SSSR count). The number of hydrogen-bond donors (Lipinski definition) is 1. The number of aromatic nitrogens is 1. The molecule has 0 spiro atoms. The predicted octanol–water partition coefficient (Wildman–Crippen LogP) is 3.39. The van der Waals surface area contributed by atoms with E-state index in [4.69, 9.17) is 9.72 Å². The molecule has 0 saturated heterocycles. The first-order valence-electron chi connectivity index (χ1n) is 7.60. The van der Waals surface area contributed by atoms with Crippen LogP contribution in [-0.4, -0.2) is 31.8 Å². The summed E-state index contributed by atoms with van der Waals surface area (Å²) < 4.78 is 5.09. The van der Waals surface area contributed by atoms with Crippen molar-refractivity contribution in [2.75, 3.05) is 26.8 Å². The third kappa shape index (κ3) is 4.03. The number of hydrogen-bond acceptors (Lipinski definition) is 4. The number of thiazole rings is 1. The minimum atomic E-state index is 0.165. The van der Waals surface area contributed by atoms with E-state index >= 15 is 0 Å². The van der Waals surface area contributed by atoms with Crippen molar-refractivity contribution in [3.05, 3.63) is 16.1 Å². The summed E-state index contributed by atoms with van der Waals surface area (Å²) in [5, 5.41) is 7.08. The normalized spacial score (nSPS) is 18.0. The Kier molecular flexibility index (Phi) is 5.21. The van der Waals surface area contributed by atoms with Crippen LogP contribution in [0.25, 0.3) is 0 Å². The van der Waals surface area contributed by atoms with Crippen molar-refractivity contribution in [1.29, 1.82) is 0 Å². The summed E-state index contributed by atoms with van der Waals surface area (Å²) in [5.74, 6) is 0. The van der Waals surface area contributed by atoms with Crippen LogP contribution in [0, 0.1) is 5.41 Å². The lowest BCUT2D eigenvalue weighted by molar-refractivity contribution is 0.123. The Balaban J connectivity index is 1.91. The molecule has 114 valence electrons. The lowest BCUT2D eigenvalue weighted by Crippen LogP contribution is -2.42. The third-order valence-electron chi connectivity index (χ3n) is 4.24. The van der Waals surface area contributed by atoms with Gasteiger partial charge in [0, 0.05) is 37.4 Å². The first-order chi connectivity index (χ1) is 9.45. The minimum absolute atomic E-state index is 0.165. The zero-order chi connectivity index (χ0) is 14.6. The lowest BCUT2D eigenvalue weighted by Gasteiger charge is -2.41. The fraction of sp³-hybridized carbons (Fsp3) is 0.812. The van der Waals surface area contributed by atoms with E-state index in [9.17, 15) is 0 Å². The van der Waals surface area contributed by atoms with Gasteiger partial charge in [-0.15, -0.1) is 11.3 Å². The second-order valence-electron chi connectivity index (χ2n) is 7.08. The largest absolute Gasteiger partial charge is 0.383 e. The molecule has 1 aromatic rings. The highest BCUT2D eigenvalue weighted by Crippen LogP contribution is 2.43. The maximum atomic E-state index is 5.09. The molecule has 1 fully saturated rings. The van der Waals surface area contributed by atoms with Crippen LogP contribution >= 0.6 is 11.3 Å². The Labute approximate surface area is 127 Å². The summed E-state index contributed by atoms with van der Waals surface area (Å²) in [6.07, 6.45) is 5.16. The molecule has 1 aromatic heterocycles. The van der Waals surface area contributed by atoms with E-state index < -0.39 is 0 Å². The molecule has 0 unspecified atom stereocenters. The van der Waals surface area contributed by atoms with Gasteiger partial charge < -0.3 is 10.1 Å². The summed E-state index contributed by atoms with van der Waals surface area (Å²) in [6.45, 7) is 9.54. The SMILES string of the molecule is COCCNCC1(Cc2nc(C(C)(C)C)cs2)CCC1. The standard InChI is InChI=1S/C16H28N2OS/c1-15(2,3)13-11-20-14(18-13)10-16(6-5-7-16)12-17-8-9-19-4/h11,17H,5-10,12H2,1-4H3. The van der Waals surface area contributed by atoms with Crippen LogP contribution in [0.5, 0.6) is 0 Å². The van der Waals surface area contributed by atoms with Crippen LogP contribution in [0.2, 0.25) is 0 Å². The monoisotopic (exact) mass is 296 g/mol. The van der Waals surface area contributed by atoms with Crippen LogP contribution in [0.4, 0.5) is 0 Å². The van der Waals surface area contributed by atoms with Gasteiger partial charge >= 0.3 is 0 Å². The van der Waals surface area contributed by atoms with Gasteiger partial charge in [0.1, 0.15) is 0 Å². The molecule has 1 heterocycles. The first-order valence-corrected chi connectivity index (χ1v) is 8.48. The van der Waals surface area contributed by atoms with Crippen molar-refractivity contribution in [2.45, 2.75) is 51.9 Å². The van der Waals surface area contributed by atoms with Gasteiger partial charge in [-0.2, -0.15) is 0 Å².